The highest BCUT2D eigenvalue weighted by Crippen LogP contribution is 2.41. The van der Waals surface area contributed by atoms with E-state index in [1.807, 2.05) is 36.4 Å². The maximum absolute atomic E-state index is 11.7. The van der Waals surface area contributed by atoms with Gasteiger partial charge in [-0.2, -0.15) is 0 Å². The number of esters is 1. The third kappa shape index (κ3) is 3.70. The lowest BCUT2D eigenvalue weighted by Crippen LogP contribution is -2.13. The Bertz CT molecular complexity index is 686. The van der Waals surface area contributed by atoms with E-state index in [2.05, 4.69) is 24.3 Å². The van der Waals surface area contributed by atoms with Gasteiger partial charge in [-0.15, -0.1) is 0 Å². The number of allylic oxidation sites excluding steroid dienone is 1. The largest absolute Gasteiger partial charge is 0.426 e. The molecule has 2 nitrogen and oxygen atoms in total. The van der Waals surface area contributed by atoms with Gasteiger partial charge in [0.25, 0.3) is 0 Å². The van der Waals surface area contributed by atoms with Gasteiger partial charge in [0.15, 0.2) is 0 Å². The molecular formula is C21H22O2. The van der Waals surface area contributed by atoms with Crippen molar-refractivity contribution in [1.29, 1.82) is 0 Å². The monoisotopic (exact) mass is 306 g/mol. The van der Waals surface area contributed by atoms with E-state index in [0.717, 1.165) is 30.6 Å². The van der Waals surface area contributed by atoms with Crippen LogP contribution in [0.2, 0.25) is 0 Å². The molecule has 2 aromatic rings. The van der Waals surface area contributed by atoms with Crippen molar-refractivity contribution in [3.05, 3.63) is 77.4 Å². The van der Waals surface area contributed by atoms with E-state index in [4.69, 9.17) is 4.74 Å². The van der Waals surface area contributed by atoms with Crippen LogP contribution >= 0.6 is 0 Å². The summed E-state index contributed by atoms with van der Waals surface area (Å²) in [4.78, 5) is 11.7. The Morgan fingerprint density at radius 2 is 1.61 bits per heavy atom. The molecule has 0 heterocycles. The van der Waals surface area contributed by atoms with Crippen LogP contribution in [-0.2, 0) is 9.53 Å². The van der Waals surface area contributed by atoms with Gasteiger partial charge in [0.05, 0.1) is 0 Å². The molecule has 0 aromatic heterocycles. The zero-order chi connectivity index (χ0) is 16.1. The fourth-order valence-electron chi connectivity index (χ4n) is 3.38. The third-order valence-corrected chi connectivity index (χ3v) is 4.38. The van der Waals surface area contributed by atoms with Gasteiger partial charge in [-0.25, -0.2) is 0 Å². The standard InChI is InChI=1S/C21H22O2/c1-16(22)23-21(18-12-6-3-7-13-18)20-15-9-8-14-19(20)17-10-4-2-5-11-17/h2-7,10-13,19H,8-9,14-15H2,1H3/b21-20-. The van der Waals surface area contributed by atoms with Gasteiger partial charge in [0, 0.05) is 18.4 Å². The number of carbonyl (C=O) groups is 1. The Morgan fingerprint density at radius 3 is 2.26 bits per heavy atom. The van der Waals surface area contributed by atoms with Crippen molar-refractivity contribution in [3.63, 3.8) is 0 Å². The summed E-state index contributed by atoms with van der Waals surface area (Å²) in [6, 6.07) is 20.5. The van der Waals surface area contributed by atoms with E-state index < -0.39 is 0 Å². The molecule has 1 fully saturated rings. The summed E-state index contributed by atoms with van der Waals surface area (Å²) in [5.74, 6) is 0.833. The van der Waals surface area contributed by atoms with Gasteiger partial charge < -0.3 is 4.74 Å². The molecule has 23 heavy (non-hydrogen) atoms. The van der Waals surface area contributed by atoms with Crippen molar-refractivity contribution in [2.24, 2.45) is 0 Å². The van der Waals surface area contributed by atoms with Gasteiger partial charge >= 0.3 is 5.97 Å². The van der Waals surface area contributed by atoms with Gasteiger partial charge in [0.1, 0.15) is 5.76 Å². The fraction of sp³-hybridized carbons (Fsp3) is 0.286. The first-order valence-corrected chi connectivity index (χ1v) is 8.27. The average molecular weight is 306 g/mol. The highest BCUT2D eigenvalue weighted by Gasteiger charge is 2.26. The molecule has 0 saturated heterocycles. The normalized spacial score (nSPS) is 20.0. The second-order valence-electron chi connectivity index (χ2n) is 6.02. The van der Waals surface area contributed by atoms with Gasteiger partial charge in [-0.05, 0) is 30.4 Å². The molecule has 0 bridgehead atoms. The number of hydrogen-bond acceptors (Lipinski definition) is 2. The van der Waals surface area contributed by atoms with Crippen molar-refractivity contribution in [3.8, 4) is 0 Å². The maximum atomic E-state index is 11.7. The summed E-state index contributed by atoms with van der Waals surface area (Å²) < 4.78 is 5.67. The molecule has 2 heteroatoms. The number of carbonyl (C=O) groups excluding carboxylic acids is 1. The molecule has 1 aliphatic carbocycles. The Morgan fingerprint density at radius 1 is 0.957 bits per heavy atom. The summed E-state index contributed by atoms with van der Waals surface area (Å²) in [6.07, 6.45) is 4.45. The number of hydrogen-bond donors (Lipinski definition) is 0. The lowest BCUT2D eigenvalue weighted by Gasteiger charge is -2.28. The third-order valence-electron chi connectivity index (χ3n) is 4.38. The maximum Gasteiger partial charge on any atom is 0.308 e. The van der Waals surface area contributed by atoms with E-state index in [1.54, 1.807) is 0 Å². The van der Waals surface area contributed by atoms with E-state index in [1.165, 1.54) is 24.5 Å². The van der Waals surface area contributed by atoms with Crippen molar-refractivity contribution >= 4 is 11.7 Å². The number of ether oxygens (including phenoxy) is 1. The van der Waals surface area contributed by atoms with Crippen LogP contribution in [-0.4, -0.2) is 5.97 Å². The SMILES string of the molecule is CC(=O)O/C(=C1/CCCCC1c1ccccc1)c1ccccc1. The number of rotatable bonds is 3. The Balaban J connectivity index is 2.09. The van der Waals surface area contributed by atoms with Crippen molar-refractivity contribution in [2.75, 3.05) is 0 Å². The molecule has 0 spiro atoms. The summed E-state index contributed by atoms with van der Waals surface area (Å²) in [5, 5.41) is 0. The van der Waals surface area contributed by atoms with E-state index in [0.29, 0.717) is 5.92 Å². The molecule has 1 aliphatic rings. The van der Waals surface area contributed by atoms with Crippen LogP contribution in [0.25, 0.3) is 5.76 Å². The van der Waals surface area contributed by atoms with Crippen LogP contribution in [0.15, 0.2) is 66.2 Å². The first-order valence-electron chi connectivity index (χ1n) is 8.27. The van der Waals surface area contributed by atoms with Crippen LogP contribution in [0.5, 0.6) is 0 Å². The molecule has 1 atom stereocenters. The lowest BCUT2D eigenvalue weighted by molar-refractivity contribution is -0.134. The van der Waals surface area contributed by atoms with Gasteiger partial charge in [0.2, 0.25) is 0 Å². The van der Waals surface area contributed by atoms with Gasteiger partial charge in [-0.3, -0.25) is 4.79 Å². The van der Waals surface area contributed by atoms with E-state index in [-0.39, 0.29) is 5.97 Å². The van der Waals surface area contributed by atoms with E-state index in [9.17, 15) is 4.79 Å². The minimum Gasteiger partial charge on any atom is -0.426 e. The average Bonchev–Trinajstić information content (AvgIpc) is 2.61. The van der Waals surface area contributed by atoms with Crippen LogP contribution < -0.4 is 0 Å². The highest BCUT2D eigenvalue weighted by molar-refractivity contribution is 5.78. The van der Waals surface area contributed by atoms with Crippen molar-refractivity contribution in [1.82, 2.24) is 0 Å². The fourth-order valence-corrected chi connectivity index (χ4v) is 3.38. The van der Waals surface area contributed by atoms with Crippen molar-refractivity contribution in [2.45, 2.75) is 38.5 Å². The van der Waals surface area contributed by atoms with Crippen LogP contribution in [0.3, 0.4) is 0 Å². The predicted molar refractivity (Wildman–Crippen MR) is 92.8 cm³/mol. The predicted octanol–water partition coefficient (Wildman–Crippen LogP) is 5.32. The second kappa shape index (κ2) is 7.28. The van der Waals surface area contributed by atoms with Crippen LogP contribution in [0.4, 0.5) is 0 Å². The van der Waals surface area contributed by atoms with Crippen LogP contribution in [0, 0.1) is 0 Å². The molecule has 3 rings (SSSR count). The first kappa shape index (κ1) is 15.5. The minimum atomic E-state index is -0.256. The van der Waals surface area contributed by atoms with E-state index >= 15 is 0 Å². The Kier molecular flexibility index (Phi) is 4.92. The molecule has 0 N–H and O–H groups in total. The quantitative estimate of drug-likeness (QED) is 0.567. The topological polar surface area (TPSA) is 26.3 Å². The molecule has 0 aliphatic heterocycles. The molecule has 118 valence electrons. The zero-order valence-electron chi connectivity index (χ0n) is 13.5. The van der Waals surface area contributed by atoms with Crippen LogP contribution in [0.1, 0.15) is 49.7 Å². The second-order valence-corrected chi connectivity index (χ2v) is 6.02. The smallest absolute Gasteiger partial charge is 0.308 e. The first-order chi connectivity index (χ1) is 11.3. The minimum absolute atomic E-state index is 0.256. The summed E-state index contributed by atoms with van der Waals surface area (Å²) in [7, 11) is 0. The molecule has 2 aromatic carbocycles. The molecule has 1 unspecified atom stereocenters. The summed E-state index contributed by atoms with van der Waals surface area (Å²) in [5.41, 5.74) is 3.55. The summed E-state index contributed by atoms with van der Waals surface area (Å²) >= 11 is 0. The van der Waals surface area contributed by atoms with Gasteiger partial charge in [-0.1, -0.05) is 67.1 Å². The Hall–Kier alpha value is -2.35. The lowest BCUT2D eigenvalue weighted by atomic mass is 9.78. The van der Waals surface area contributed by atoms with Crippen molar-refractivity contribution < 1.29 is 9.53 Å². The molecule has 0 radical (unpaired) electrons. The zero-order valence-corrected chi connectivity index (χ0v) is 13.5. The Labute approximate surface area is 137 Å². The highest BCUT2D eigenvalue weighted by atomic mass is 16.5. The summed E-state index contributed by atoms with van der Waals surface area (Å²) in [6.45, 7) is 1.48. The molecular weight excluding hydrogens is 284 g/mol. The molecule has 1 saturated carbocycles. The molecule has 0 amide bonds. The number of benzene rings is 2.